The molecule has 1 aromatic rings. The molecular formula is C15H21ClN4OS. The molecule has 0 bridgehead atoms. The molecule has 0 saturated carbocycles. The van der Waals surface area contributed by atoms with Crippen LogP contribution in [0, 0.1) is 6.92 Å². The number of guanidine groups is 1. The molecular weight excluding hydrogens is 320 g/mol. The van der Waals surface area contributed by atoms with Crippen molar-refractivity contribution in [3.05, 3.63) is 28.8 Å². The second-order valence-electron chi connectivity index (χ2n) is 5.05. The second-order valence-corrected chi connectivity index (χ2v) is 6.68. The number of aliphatic imine (C=N–C) groups is 1. The minimum atomic E-state index is -0.0869. The van der Waals surface area contributed by atoms with Crippen molar-refractivity contribution in [1.29, 1.82) is 0 Å². The number of carbonyl (C=O) groups excluding carboxylic acids is 1. The van der Waals surface area contributed by atoms with Gasteiger partial charge in [-0.15, -0.1) is 0 Å². The summed E-state index contributed by atoms with van der Waals surface area (Å²) in [7, 11) is 0. The molecule has 0 unspecified atom stereocenters. The molecule has 1 aliphatic rings. The van der Waals surface area contributed by atoms with Crippen LogP contribution in [-0.4, -0.2) is 47.9 Å². The summed E-state index contributed by atoms with van der Waals surface area (Å²) < 4.78 is 0. The van der Waals surface area contributed by atoms with Gasteiger partial charge in [0.25, 0.3) is 0 Å². The van der Waals surface area contributed by atoms with Crippen molar-refractivity contribution in [3.8, 4) is 0 Å². The minimum Gasteiger partial charge on any atom is -0.370 e. The third kappa shape index (κ3) is 4.81. The lowest BCUT2D eigenvalue weighted by Gasteiger charge is -2.27. The van der Waals surface area contributed by atoms with Crippen LogP contribution < -0.4 is 11.1 Å². The number of hydrogen-bond donors (Lipinski definition) is 2. The van der Waals surface area contributed by atoms with Crippen molar-refractivity contribution >= 4 is 40.9 Å². The lowest BCUT2D eigenvalue weighted by molar-refractivity contribution is -0.116. The van der Waals surface area contributed by atoms with E-state index in [0.717, 1.165) is 35.8 Å². The zero-order valence-corrected chi connectivity index (χ0v) is 14.2. The molecule has 1 fully saturated rings. The van der Waals surface area contributed by atoms with Crippen molar-refractivity contribution in [2.45, 2.75) is 13.3 Å². The number of nitrogens with one attached hydrogen (secondary N) is 1. The fraction of sp³-hybridized carbons (Fsp3) is 0.467. The molecule has 1 amide bonds. The van der Waals surface area contributed by atoms with Gasteiger partial charge in [0.15, 0.2) is 5.96 Å². The molecule has 0 aromatic heterocycles. The fourth-order valence-electron chi connectivity index (χ4n) is 2.12. The fourth-order valence-corrected chi connectivity index (χ4v) is 3.20. The number of nitrogens with zero attached hydrogens (tertiary/aromatic N) is 2. The molecule has 0 atom stereocenters. The smallest absolute Gasteiger partial charge is 0.226 e. The summed E-state index contributed by atoms with van der Waals surface area (Å²) >= 11 is 7.95. The van der Waals surface area contributed by atoms with Gasteiger partial charge in [0.1, 0.15) is 0 Å². The Morgan fingerprint density at radius 3 is 2.91 bits per heavy atom. The maximum absolute atomic E-state index is 12.0. The highest BCUT2D eigenvalue weighted by molar-refractivity contribution is 7.99. The Hall–Kier alpha value is -1.40. The van der Waals surface area contributed by atoms with Crippen molar-refractivity contribution in [2.75, 3.05) is 36.5 Å². The molecule has 1 aromatic carbocycles. The van der Waals surface area contributed by atoms with Gasteiger partial charge < -0.3 is 16.0 Å². The third-order valence-electron chi connectivity index (χ3n) is 3.49. The van der Waals surface area contributed by atoms with Crippen LogP contribution in [0.4, 0.5) is 5.69 Å². The lowest BCUT2D eigenvalue weighted by atomic mass is 10.2. The maximum atomic E-state index is 12.0. The van der Waals surface area contributed by atoms with Crippen molar-refractivity contribution < 1.29 is 4.79 Å². The van der Waals surface area contributed by atoms with Gasteiger partial charge in [-0.25, -0.2) is 0 Å². The number of rotatable bonds is 4. The summed E-state index contributed by atoms with van der Waals surface area (Å²) in [4.78, 5) is 18.3. The highest BCUT2D eigenvalue weighted by Gasteiger charge is 2.12. The Morgan fingerprint density at radius 1 is 1.45 bits per heavy atom. The Balaban J connectivity index is 1.81. The van der Waals surface area contributed by atoms with Crippen LogP contribution in [0.15, 0.2) is 23.2 Å². The molecule has 0 radical (unpaired) electrons. The van der Waals surface area contributed by atoms with Crippen molar-refractivity contribution in [3.63, 3.8) is 0 Å². The molecule has 3 N–H and O–H groups in total. The second kappa shape index (κ2) is 8.29. The van der Waals surface area contributed by atoms with Gasteiger partial charge in [0.05, 0.1) is 6.54 Å². The van der Waals surface area contributed by atoms with Gasteiger partial charge in [-0.2, -0.15) is 11.8 Å². The van der Waals surface area contributed by atoms with Crippen LogP contribution >= 0.6 is 23.4 Å². The standard InChI is InChI=1S/C15H21ClN4OS/c1-11-12(16)3-2-4-13(11)19-14(21)5-6-18-15(17)20-7-9-22-10-8-20/h2-4H,5-10H2,1H3,(H2,17,18)(H,19,21). The number of nitrogens with two attached hydrogens (primary N) is 1. The summed E-state index contributed by atoms with van der Waals surface area (Å²) in [5, 5.41) is 3.50. The molecule has 5 nitrogen and oxygen atoms in total. The van der Waals surface area contributed by atoms with E-state index in [1.54, 1.807) is 6.07 Å². The topological polar surface area (TPSA) is 70.7 Å². The molecule has 120 valence electrons. The summed E-state index contributed by atoms with van der Waals surface area (Å²) in [5.41, 5.74) is 7.55. The van der Waals surface area contributed by atoms with Crippen LogP contribution in [0.2, 0.25) is 5.02 Å². The largest absolute Gasteiger partial charge is 0.370 e. The summed E-state index contributed by atoms with van der Waals surface area (Å²) in [6.07, 6.45) is 0.301. The number of thioether (sulfide) groups is 1. The van der Waals surface area contributed by atoms with Crippen LogP contribution in [0.1, 0.15) is 12.0 Å². The van der Waals surface area contributed by atoms with Gasteiger partial charge in [0, 0.05) is 41.7 Å². The predicted octanol–water partition coefficient (Wildman–Crippen LogP) is 2.34. The minimum absolute atomic E-state index is 0.0869. The number of hydrogen-bond acceptors (Lipinski definition) is 3. The molecule has 0 aliphatic carbocycles. The highest BCUT2D eigenvalue weighted by Crippen LogP contribution is 2.22. The monoisotopic (exact) mass is 340 g/mol. The molecule has 1 aliphatic heterocycles. The number of anilines is 1. The SMILES string of the molecule is Cc1c(Cl)cccc1NC(=O)CCN=C(N)N1CCSCC1. The van der Waals surface area contributed by atoms with Gasteiger partial charge in [-0.05, 0) is 24.6 Å². The number of halogens is 1. The highest BCUT2D eigenvalue weighted by atomic mass is 35.5. The van der Waals surface area contributed by atoms with Gasteiger partial charge >= 0.3 is 0 Å². The van der Waals surface area contributed by atoms with E-state index in [2.05, 4.69) is 15.2 Å². The van der Waals surface area contributed by atoms with Crippen LogP contribution in [0.25, 0.3) is 0 Å². The zero-order valence-electron chi connectivity index (χ0n) is 12.6. The van der Waals surface area contributed by atoms with Crippen molar-refractivity contribution in [2.24, 2.45) is 10.7 Å². The average molecular weight is 341 g/mol. The van der Waals surface area contributed by atoms with Gasteiger partial charge in [-0.1, -0.05) is 17.7 Å². The zero-order chi connectivity index (χ0) is 15.9. The van der Waals surface area contributed by atoms with Gasteiger partial charge in [0.2, 0.25) is 5.91 Å². The van der Waals surface area contributed by atoms with E-state index in [-0.39, 0.29) is 5.91 Å². The molecule has 1 saturated heterocycles. The summed E-state index contributed by atoms with van der Waals surface area (Å²) in [5.74, 6) is 2.60. The predicted molar refractivity (Wildman–Crippen MR) is 94.8 cm³/mol. The summed E-state index contributed by atoms with van der Waals surface area (Å²) in [6.45, 7) is 4.12. The Bertz CT molecular complexity index is 558. The Labute approximate surface area is 140 Å². The molecule has 2 rings (SSSR count). The Kier molecular flexibility index (Phi) is 6.39. The van der Waals surface area contributed by atoms with E-state index in [1.165, 1.54) is 0 Å². The number of benzene rings is 1. The first-order valence-corrected chi connectivity index (χ1v) is 8.79. The van der Waals surface area contributed by atoms with Crippen molar-refractivity contribution in [1.82, 2.24) is 4.90 Å². The van der Waals surface area contributed by atoms with E-state index in [1.807, 2.05) is 30.8 Å². The van der Waals surface area contributed by atoms with Crippen LogP contribution in [0.3, 0.4) is 0 Å². The van der Waals surface area contributed by atoms with E-state index in [9.17, 15) is 4.79 Å². The van der Waals surface area contributed by atoms with Crippen LogP contribution in [0.5, 0.6) is 0 Å². The lowest BCUT2D eigenvalue weighted by Crippen LogP contribution is -2.42. The molecule has 1 heterocycles. The normalized spacial score (nSPS) is 15.7. The molecule has 0 spiro atoms. The molecule has 22 heavy (non-hydrogen) atoms. The first-order chi connectivity index (χ1) is 10.6. The molecule has 7 heteroatoms. The maximum Gasteiger partial charge on any atom is 0.226 e. The summed E-state index contributed by atoms with van der Waals surface area (Å²) in [6, 6.07) is 5.45. The number of amides is 1. The third-order valence-corrected chi connectivity index (χ3v) is 4.84. The van der Waals surface area contributed by atoms with E-state index < -0.39 is 0 Å². The van der Waals surface area contributed by atoms with E-state index >= 15 is 0 Å². The Morgan fingerprint density at radius 2 is 2.18 bits per heavy atom. The van der Waals surface area contributed by atoms with Crippen LogP contribution in [-0.2, 0) is 4.79 Å². The number of carbonyl (C=O) groups is 1. The first-order valence-electron chi connectivity index (χ1n) is 7.25. The van der Waals surface area contributed by atoms with E-state index in [4.69, 9.17) is 17.3 Å². The average Bonchev–Trinajstić information content (AvgIpc) is 2.52. The quantitative estimate of drug-likeness (QED) is 0.652. The van der Waals surface area contributed by atoms with E-state index in [0.29, 0.717) is 23.9 Å². The first kappa shape index (κ1) is 17.0. The van der Waals surface area contributed by atoms with Gasteiger partial charge in [-0.3, -0.25) is 9.79 Å².